The van der Waals surface area contributed by atoms with Gasteiger partial charge in [-0.25, -0.2) is 0 Å². The van der Waals surface area contributed by atoms with Crippen molar-refractivity contribution < 1.29 is 9.53 Å². The van der Waals surface area contributed by atoms with Gasteiger partial charge < -0.3 is 10.1 Å². The lowest BCUT2D eigenvalue weighted by molar-refractivity contribution is 0.102. The van der Waals surface area contributed by atoms with Gasteiger partial charge in [0.05, 0.1) is 18.0 Å². The van der Waals surface area contributed by atoms with Crippen LogP contribution in [0.2, 0.25) is 0 Å². The highest BCUT2D eigenvalue weighted by Gasteiger charge is 2.14. The van der Waals surface area contributed by atoms with Crippen LogP contribution in [0.15, 0.2) is 42.7 Å². The number of carbonyl (C=O) groups excluding carboxylic acids is 1. The Labute approximate surface area is 114 Å². The third kappa shape index (κ3) is 2.18. The number of rotatable bonds is 3. The van der Waals surface area contributed by atoms with Gasteiger partial charge in [-0.15, -0.1) is 0 Å². The van der Waals surface area contributed by atoms with Gasteiger partial charge in [-0.3, -0.25) is 14.9 Å². The molecule has 0 unspecified atom stereocenters. The Hall–Kier alpha value is -2.89. The molecule has 6 heteroatoms. The van der Waals surface area contributed by atoms with E-state index in [1.807, 2.05) is 0 Å². The van der Waals surface area contributed by atoms with Crippen molar-refractivity contribution in [3.63, 3.8) is 0 Å². The molecule has 6 nitrogen and oxygen atoms in total. The molecule has 2 N–H and O–H groups in total. The zero-order valence-corrected chi connectivity index (χ0v) is 10.8. The summed E-state index contributed by atoms with van der Waals surface area (Å²) in [6, 6.07) is 8.86. The number of carbonyl (C=O) groups is 1. The number of aromatic nitrogens is 3. The van der Waals surface area contributed by atoms with Crippen molar-refractivity contribution in [3.05, 3.63) is 48.4 Å². The number of H-pyrrole nitrogens is 1. The Morgan fingerprint density at radius 1 is 1.25 bits per heavy atom. The van der Waals surface area contributed by atoms with E-state index in [4.69, 9.17) is 4.74 Å². The Morgan fingerprint density at radius 3 is 2.80 bits per heavy atom. The number of amides is 1. The van der Waals surface area contributed by atoms with Gasteiger partial charge in [0.1, 0.15) is 5.75 Å². The summed E-state index contributed by atoms with van der Waals surface area (Å²) in [7, 11) is 1.59. The number of pyridine rings is 1. The summed E-state index contributed by atoms with van der Waals surface area (Å²) >= 11 is 0. The number of aromatic amines is 1. The Morgan fingerprint density at radius 2 is 2.05 bits per heavy atom. The zero-order valence-electron chi connectivity index (χ0n) is 10.8. The van der Waals surface area contributed by atoms with Gasteiger partial charge in [-0.05, 0) is 30.3 Å². The van der Waals surface area contributed by atoms with Crippen molar-refractivity contribution in [2.75, 3.05) is 12.4 Å². The molecule has 0 aliphatic carbocycles. The fourth-order valence-electron chi connectivity index (χ4n) is 1.89. The summed E-state index contributed by atoms with van der Waals surface area (Å²) in [5.41, 5.74) is 1.78. The molecule has 0 aliphatic heterocycles. The number of benzene rings is 1. The van der Waals surface area contributed by atoms with Gasteiger partial charge in [0.2, 0.25) is 0 Å². The highest BCUT2D eigenvalue weighted by molar-refractivity contribution is 6.10. The average Bonchev–Trinajstić information content (AvgIpc) is 2.92. The summed E-state index contributed by atoms with van der Waals surface area (Å²) in [5, 5.41) is 10.3. The van der Waals surface area contributed by atoms with Crippen molar-refractivity contribution in [3.8, 4) is 5.75 Å². The van der Waals surface area contributed by atoms with E-state index >= 15 is 0 Å². The second-order valence-corrected chi connectivity index (χ2v) is 4.18. The van der Waals surface area contributed by atoms with E-state index in [1.54, 1.807) is 49.8 Å². The third-order valence-electron chi connectivity index (χ3n) is 2.93. The van der Waals surface area contributed by atoms with E-state index in [1.165, 1.54) is 0 Å². The largest absolute Gasteiger partial charge is 0.497 e. The topological polar surface area (TPSA) is 79.9 Å². The number of nitrogens with one attached hydrogen (secondary N) is 2. The van der Waals surface area contributed by atoms with Gasteiger partial charge in [0, 0.05) is 18.1 Å². The van der Waals surface area contributed by atoms with Crippen LogP contribution < -0.4 is 10.1 Å². The number of ether oxygens (including phenoxy) is 1. The van der Waals surface area contributed by atoms with Crippen LogP contribution in [0.25, 0.3) is 10.9 Å². The van der Waals surface area contributed by atoms with Crippen LogP contribution in [0.1, 0.15) is 10.5 Å². The van der Waals surface area contributed by atoms with Crippen molar-refractivity contribution in [2.45, 2.75) is 0 Å². The molecule has 0 spiro atoms. The lowest BCUT2D eigenvalue weighted by Crippen LogP contribution is -2.12. The van der Waals surface area contributed by atoms with E-state index < -0.39 is 0 Å². The van der Waals surface area contributed by atoms with Gasteiger partial charge in [-0.2, -0.15) is 5.10 Å². The summed E-state index contributed by atoms with van der Waals surface area (Å²) < 4.78 is 5.07. The first-order valence-corrected chi connectivity index (χ1v) is 6.01. The molecule has 1 amide bonds. The van der Waals surface area contributed by atoms with Crippen molar-refractivity contribution in [1.29, 1.82) is 0 Å². The number of hydrogen-bond acceptors (Lipinski definition) is 4. The molecular formula is C14H12N4O2. The molecule has 1 aromatic carbocycles. The summed E-state index contributed by atoms with van der Waals surface area (Å²) in [4.78, 5) is 16.2. The predicted octanol–water partition coefficient (Wildman–Crippen LogP) is 2.22. The van der Waals surface area contributed by atoms with Crippen LogP contribution in [0.5, 0.6) is 5.75 Å². The average molecular weight is 268 g/mol. The molecule has 3 rings (SSSR count). The second kappa shape index (κ2) is 5.00. The molecule has 0 saturated heterocycles. The predicted molar refractivity (Wildman–Crippen MR) is 74.8 cm³/mol. The quantitative estimate of drug-likeness (QED) is 0.763. The zero-order chi connectivity index (χ0) is 13.9. The van der Waals surface area contributed by atoms with Crippen LogP contribution in [-0.4, -0.2) is 28.2 Å². The maximum absolute atomic E-state index is 12.2. The molecule has 0 bridgehead atoms. The highest BCUT2D eigenvalue weighted by Crippen LogP contribution is 2.18. The molecule has 0 aliphatic rings. The van der Waals surface area contributed by atoms with E-state index in [2.05, 4.69) is 20.5 Å². The Kier molecular flexibility index (Phi) is 3.04. The molecule has 0 atom stereocenters. The number of fused-ring (bicyclic) bond motifs is 1. The van der Waals surface area contributed by atoms with Gasteiger partial charge in [0.25, 0.3) is 5.91 Å². The van der Waals surface area contributed by atoms with Gasteiger partial charge in [0.15, 0.2) is 5.69 Å². The molecule has 0 radical (unpaired) electrons. The Bertz CT molecular complexity index is 749. The van der Waals surface area contributed by atoms with Crippen LogP contribution in [0.4, 0.5) is 5.69 Å². The molecular weight excluding hydrogens is 256 g/mol. The normalized spacial score (nSPS) is 10.4. The third-order valence-corrected chi connectivity index (χ3v) is 2.93. The summed E-state index contributed by atoms with van der Waals surface area (Å²) in [6.07, 6.45) is 3.26. The lowest BCUT2D eigenvalue weighted by Gasteiger charge is -2.04. The minimum atomic E-state index is -0.283. The van der Waals surface area contributed by atoms with Crippen LogP contribution >= 0.6 is 0 Å². The second-order valence-electron chi connectivity index (χ2n) is 4.18. The molecule has 20 heavy (non-hydrogen) atoms. The first-order chi connectivity index (χ1) is 9.78. The summed E-state index contributed by atoms with van der Waals surface area (Å²) in [5.74, 6) is 0.451. The van der Waals surface area contributed by atoms with E-state index in [-0.39, 0.29) is 5.91 Å². The standard InChI is InChI=1S/C14H12N4O2/c1-20-10-4-2-9(3-5-10)16-14(19)13-11-8-15-7-6-12(11)17-18-13/h2-8H,1H3,(H,16,19)(H,17,18). The van der Waals surface area contributed by atoms with Crippen LogP contribution in [0.3, 0.4) is 0 Å². The first-order valence-electron chi connectivity index (χ1n) is 6.01. The lowest BCUT2D eigenvalue weighted by atomic mass is 10.2. The van der Waals surface area contributed by atoms with Gasteiger partial charge >= 0.3 is 0 Å². The van der Waals surface area contributed by atoms with Crippen molar-refractivity contribution >= 4 is 22.5 Å². The number of nitrogens with zero attached hydrogens (tertiary/aromatic N) is 2. The van der Waals surface area contributed by atoms with Crippen LogP contribution in [0, 0.1) is 0 Å². The molecule has 100 valence electrons. The molecule has 2 heterocycles. The van der Waals surface area contributed by atoms with E-state index in [0.717, 1.165) is 11.3 Å². The maximum Gasteiger partial charge on any atom is 0.276 e. The first kappa shape index (κ1) is 12.2. The Balaban J connectivity index is 1.85. The van der Waals surface area contributed by atoms with E-state index in [9.17, 15) is 4.79 Å². The maximum atomic E-state index is 12.2. The molecule has 2 aromatic heterocycles. The van der Waals surface area contributed by atoms with Crippen molar-refractivity contribution in [2.24, 2.45) is 0 Å². The minimum absolute atomic E-state index is 0.283. The minimum Gasteiger partial charge on any atom is -0.497 e. The fraction of sp³-hybridized carbons (Fsp3) is 0.0714. The van der Waals surface area contributed by atoms with Crippen LogP contribution in [-0.2, 0) is 0 Å². The SMILES string of the molecule is COc1ccc(NC(=O)c2n[nH]c3ccncc23)cc1. The number of anilines is 1. The van der Waals surface area contributed by atoms with Gasteiger partial charge in [-0.1, -0.05) is 0 Å². The number of hydrogen-bond donors (Lipinski definition) is 2. The molecule has 0 saturated carbocycles. The molecule has 0 fully saturated rings. The monoisotopic (exact) mass is 268 g/mol. The van der Waals surface area contributed by atoms with E-state index in [0.29, 0.717) is 16.8 Å². The number of methoxy groups -OCH3 is 1. The smallest absolute Gasteiger partial charge is 0.276 e. The highest BCUT2D eigenvalue weighted by atomic mass is 16.5. The van der Waals surface area contributed by atoms with Crippen molar-refractivity contribution in [1.82, 2.24) is 15.2 Å². The summed E-state index contributed by atoms with van der Waals surface area (Å²) in [6.45, 7) is 0. The molecule has 3 aromatic rings. The fourth-order valence-corrected chi connectivity index (χ4v) is 1.89.